The number of thiazole rings is 1. The molecule has 1 aromatic rings. The van der Waals surface area contributed by atoms with Crippen molar-refractivity contribution in [1.82, 2.24) is 10.3 Å². The van der Waals surface area contributed by atoms with Crippen LogP contribution in [0.4, 0.5) is 0 Å². The van der Waals surface area contributed by atoms with E-state index in [4.69, 9.17) is 4.98 Å². The van der Waals surface area contributed by atoms with Gasteiger partial charge in [0.05, 0.1) is 10.7 Å². The Bertz CT molecular complexity index is 402. The molecule has 19 heavy (non-hydrogen) atoms. The normalized spacial score (nSPS) is 14.5. The predicted octanol–water partition coefficient (Wildman–Crippen LogP) is 3.12. The number of aryl methyl sites for hydroxylation is 3. The molecule has 1 amide bonds. The highest BCUT2D eigenvalue weighted by atomic mass is 32.1. The second kappa shape index (κ2) is 7.04. The van der Waals surface area contributed by atoms with Crippen LogP contribution in [0.15, 0.2) is 0 Å². The summed E-state index contributed by atoms with van der Waals surface area (Å²) < 4.78 is 0. The minimum atomic E-state index is 0.174. The second-order valence-electron chi connectivity index (χ2n) is 5.74. The summed E-state index contributed by atoms with van der Waals surface area (Å²) in [5, 5.41) is 4.24. The molecule has 0 aromatic carbocycles. The SMILES string of the molecule is CC(C)CC(=O)NCCCc1nc2c(s1)CCCC2. The predicted molar refractivity (Wildman–Crippen MR) is 79.5 cm³/mol. The van der Waals surface area contributed by atoms with Gasteiger partial charge in [-0.2, -0.15) is 0 Å². The molecule has 1 heterocycles. The number of hydrogen-bond donors (Lipinski definition) is 1. The third kappa shape index (κ3) is 4.60. The van der Waals surface area contributed by atoms with E-state index < -0.39 is 0 Å². The van der Waals surface area contributed by atoms with E-state index in [0.717, 1.165) is 25.8 Å². The van der Waals surface area contributed by atoms with Crippen molar-refractivity contribution in [3.05, 3.63) is 15.6 Å². The van der Waals surface area contributed by atoms with Gasteiger partial charge in [0, 0.05) is 24.3 Å². The molecule has 1 N–H and O–H groups in total. The first-order valence-electron chi connectivity index (χ1n) is 7.39. The standard InChI is InChI=1S/C15H24N2OS/c1-11(2)10-14(18)16-9-5-8-15-17-12-6-3-4-7-13(12)19-15/h11H,3-10H2,1-2H3,(H,16,18). The molecule has 4 heteroatoms. The fourth-order valence-corrected chi connectivity index (χ4v) is 3.62. The zero-order valence-electron chi connectivity index (χ0n) is 12.0. The lowest BCUT2D eigenvalue weighted by Gasteiger charge is -2.06. The van der Waals surface area contributed by atoms with Crippen molar-refractivity contribution in [1.29, 1.82) is 0 Å². The number of rotatable bonds is 6. The Labute approximate surface area is 119 Å². The van der Waals surface area contributed by atoms with Gasteiger partial charge < -0.3 is 5.32 Å². The average molecular weight is 280 g/mol. The number of fused-ring (bicyclic) bond motifs is 1. The van der Waals surface area contributed by atoms with Gasteiger partial charge in [-0.3, -0.25) is 4.79 Å². The molecule has 106 valence electrons. The van der Waals surface area contributed by atoms with Gasteiger partial charge >= 0.3 is 0 Å². The van der Waals surface area contributed by atoms with Crippen molar-refractivity contribution in [2.75, 3.05) is 6.54 Å². The van der Waals surface area contributed by atoms with Crippen molar-refractivity contribution in [2.45, 2.75) is 58.8 Å². The van der Waals surface area contributed by atoms with E-state index in [-0.39, 0.29) is 5.91 Å². The van der Waals surface area contributed by atoms with E-state index in [1.807, 2.05) is 11.3 Å². The summed E-state index contributed by atoms with van der Waals surface area (Å²) in [6.07, 6.45) is 7.62. The molecular weight excluding hydrogens is 256 g/mol. The Balaban J connectivity index is 1.68. The van der Waals surface area contributed by atoms with Gasteiger partial charge in [-0.05, 0) is 38.0 Å². The van der Waals surface area contributed by atoms with Crippen LogP contribution in [0, 0.1) is 5.92 Å². The number of nitrogens with zero attached hydrogens (tertiary/aromatic N) is 1. The molecule has 0 saturated carbocycles. The third-order valence-electron chi connectivity index (χ3n) is 3.37. The van der Waals surface area contributed by atoms with E-state index >= 15 is 0 Å². The van der Waals surface area contributed by atoms with Gasteiger partial charge in [0.25, 0.3) is 0 Å². The fourth-order valence-electron chi connectivity index (χ4n) is 2.42. The van der Waals surface area contributed by atoms with Crippen molar-refractivity contribution < 1.29 is 4.79 Å². The molecule has 0 atom stereocenters. The van der Waals surface area contributed by atoms with Gasteiger partial charge in [-0.1, -0.05) is 13.8 Å². The van der Waals surface area contributed by atoms with Gasteiger partial charge in [-0.15, -0.1) is 11.3 Å². The van der Waals surface area contributed by atoms with Gasteiger partial charge in [-0.25, -0.2) is 4.98 Å². The Kier molecular flexibility index (Phi) is 5.37. The van der Waals surface area contributed by atoms with E-state index in [1.165, 1.54) is 34.8 Å². The minimum absolute atomic E-state index is 0.174. The van der Waals surface area contributed by atoms with E-state index in [9.17, 15) is 4.79 Å². The smallest absolute Gasteiger partial charge is 0.220 e. The number of carbonyl (C=O) groups is 1. The second-order valence-corrected chi connectivity index (χ2v) is 6.90. The Hall–Kier alpha value is -0.900. The topological polar surface area (TPSA) is 42.0 Å². The monoisotopic (exact) mass is 280 g/mol. The molecular formula is C15H24N2OS. The summed E-state index contributed by atoms with van der Waals surface area (Å²) in [5.41, 5.74) is 1.34. The van der Waals surface area contributed by atoms with E-state index in [1.54, 1.807) is 0 Å². The minimum Gasteiger partial charge on any atom is -0.356 e. The highest BCUT2D eigenvalue weighted by Gasteiger charge is 2.14. The van der Waals surface area contributed by atoms with Gasteiger partial charge in [0.2, 0.25) is 5.91 Å². The first kappa shape index (κ1) is 14.5. The van der Waals surface area contributed by atoms with Crippen LogP contribution in [0.5, 0.6) is 0 Å². The molecule has 0 aliphatic heterocycles. The molecule has 0 bridgehead atoms. The summed E-state index contributed by atoms with van der Waals surface area (Å²) >= 11 is 1.88. The van der Waals surface area contributed by atoms with E-state index in [2.05, 4.69) is 19.2 Å². The van der Waals surface area contributed by atoms with Gasteiger partial charge in [0.1, 0.15) is 0 Å². The summed E-state index contributed by atoms with van der Waals surface area (Å²) in [4.78, 5) is 17.7. The molecule has 0 saturated heterocycles. The zero-order chi connectivity index (χ0) is 13.7. The molecule has 1 aliphatic carbocycles. The lowest BCUT2D eigenvalue weighted by atomic mass is 10.0. The highest BCUT2D eigenvalue weighted by Crippen LogP contribution is 2.27. The molecule has 3 nitrogen and oxygen atoms in total. The van der Waals surface area contributed by atoms with Crippen LogP contribution in [-0.4, -0.2) is 17.4 Å². The van der Waals surface area contributed by atoms with E-state index in [0.29, 0.717) is 12.3 Å². The van der Waals surface area contributed by atoms with Crippen molar-refractivity contribution >= 4 is 17.2 Å². The zero-order valence-corrected chi connectivity index (χ0v) is 12.8. The summed E-state index contributed by atoms with van der Waals surface area (Å²) in [6.45, 7) is 4.91. The lowest BCUT2D eigenvalue weighted by molar-refractivity contribution is -0.121. The Morgan fingerprint density at radius 3 is 2.89 bits per heavy atom. The first-order chi connectivity index (χ1) is 9.15. The maximum atomic E-state index is 11.5. The third-order valence-corrected chi connectivity index (χ3v) is 4.59. The van der Waals surface area contributed by atoms with Crippen LogP contribution in [0.1, 0.15) is 55.1 Å². The van der Waals surface area contributed by atoms with Crippen molar-refractivity contribution in [3.63, 3.8) is 0 Å². The Morgan fingerprint density at radius 1 is 1.37 bits per heavy atom. The largest absolute Gasteiger partial charge is 0.356 e. The molecule has 2 rings (SSSR count). The number of carbonyl (C=O) groups excluding carboxylic acids is 1. The van der Waals surface area contributed by atoms with Crippen LogP contribution in [0.25, 0.3) is 0 Å². The average Bonchev–Trinajstić information content (AvgIpc) is 2.76. The summed E-state index contributed by atoms with van der Waals surface area (Å²) in [6, 6.07) is 0. The quantitative estimate of drug-likeness (QED) is 0.814. The number of nitrogens with one attached hydrogen (secondary N) is 1. The van der Waals surface area contributed by atoms with Gasteiger partial charge in [0.15, 0.2) is 0 Å². The Morgan fingerprint density at radius 2 is 2.16 bits per heavy atom. The van der Waals surface area contributed by atoms with Crippen molar-refractivity contribution in [3.8, 4) is 0 Å². The molecule has 0 spiro atoms. The lowest BCUT2D eigenvalue weighted by Crippen LogP contribution is -2.25. The van der Waals surface area contributed by atoms with Crippen LogP contribution in [-0.2, 0) is 24.1 Å². The van der Waals surface area contributed by atoms with Crippen molar-refractivity contribution in [2.24, 2.45) is 5.92 Å². The number of amides is 1. The van der Waals surface area contributed by atoms with Crippen LogP contribution in [0.2, 0.25) is 0 Å². The molecule has 1 aromatic heterocycles. The first-order valence-corrected chi connectivity index (χ1v) is 8.21. The summed E-state index contributed by atoms with van der Waals surface area (Å²) in [5.74, 6) is 0.610. The number of aromatic nitrogens is 1. The highest BCUT2D eigenvalue weighted by molar-refractivity contribution is 7.11. The van der Waals surface area contributed by atoms with Crippen LogP contribution in [0.3, 0.4) is 0 Å². The molecule has 0 radical (unpaired) electrons. The molecule has 1 aliphatic rings. The molecule has 0 unspecified atom stereocenters. The fraction of sp³-hybridized carbons (Fsp3) is 0.733. The van der Waals surface area contributed by atoms with Crippen LogP contribution >= 0.6 is 11.3 Å². The molecule has 0 fully saturated rings. The summed E-state index contributed by atoms with van der Waals surface area (Å²) in [7, 11) is 0. The van der Waals surface area contributed by atoms with Crippen LogP contribution < -0.4 is 5.32 Å². The maximum Gasteiger partial charge on any atom is 0.220 e. The maximum absolute atomic E-state index is 11.5. The number of hydrogen-bond acceptors (Lipinski definition) is 3.